The molecule has 0 amide bonds. The summed E-state index contributed by atoms with van der Waals surface area (Å²) in [6.07, 6.45) is 3.74. The minimum absolute atomic E-state index is 0.215. The highest BCUT2D eigenvalue weighted by Gasteiger charge is 2.67. The third kappa shape index (κ3) is 3.89. The number of carbonyl (C=O) groups excluding carboxylic acids is 2. The monoisotopic (exact) mass is 620 g/mol. The van der Waals surface area contributed by atoms with E-state index in [1.807, 2.05) is 65.6 Å². The van der Waals surface area contributed by atoms with E-state index in [1.165, 1.54) is 7.11 Å². The molecule has 0 spiro atoms. The third-order valence-corrected chi connectivity index (χ3v) is 8.34. The fourth-order valence-corrected chi connectivity index (χ4v) is 6.37. The molecule has 0 radical (unpaired) electrons. The number of carbonyl (C=O) groups is 2. The lowest BCUT2D eigenvalue weighted by molar-refractivity contribution is -0.150. The van der Waals surface area contributed by atoms with Crippen LogP contribution < -0.4 is 9.64 Å². The van der Waals surface area contributed by atoms with Gasteiger partial charge in [0.1, 0.15) is 11.8 Å². The van der Waals surface area contributed by atoms with Gasteiger partial charge in [0, 0.05) is 21.6 Å². The molecular formula is C29H22Br2N2O4. The summed E-state index contributed by atoms with van der Waals surface area (Å²) in [6.45, 7) is 0. The molecule has 0 aromatic heterocycles. The zero-order valence-electron chi connectivity index (χ0n) is 20.0. The number of esters is 1. The highest BCUT2D eigenvalue weighted by molar-refractivity contribution is 9.10. The fourth-order valence-electron chi connectivity index (χ4n) is 5.57. The molecular weight excluding hydrogens is 600 g/mol. The maximum atomic E-state index is 14.4. The van der Waals surface area contributed by atoms with Crippen LogP contribution >= 0.6 is 31.9 Å². The van der Waals surface area contributed by atoms with Gasteiger partial charge in [-0.3, -0.25) is 9.59 Å². The number of benzene rings is 3. The molecule has 6 nitrogen and oxygen atoms in total. The lowest BCUT2D eigenvalue weighted by atomic mass is 9.68. The van der Waals surface area contributed by atoms with E-state index in [4.69, 9.17) is 9.47 Å². The number of hydrogen-bond donors (Lipinski definition) is 0. The predicted octanol–water partition coefficient (Wildman–Crippen LogP) is 6.15. The van der Waals surface area contributed by atoms with Crippen LogP contribution in [0.3, 0.4) is 0 Å². The second kappa shape index (κ2) is 9.81. The van der Waals surface area contributed by atoms with Crippen molar-refractivity contribution < 1.29 is 19.1 Å². The van der Waals surface area contributed by atoms with Gasteiger partial charge < -0.3 is 14.4 Å². The molecule has 2 aliphatic heterocycles. The van der Waals surface area contributed by atoms with E-state index in [0.717, 1.165) is 15.7 Å². The van der Waals surface area contributed by atoms with Gasteiger partial charge in [-0.05, 0) is 63.5 Å². The number of para-hydroxylation sites is 1. The maximum absolute atomic E-state index is 14.4. The van der Waals surface area contributed by atoms with Crippen LogP contribution in [-0.2, 0) is 9.53 Å². The first-order valence-electron chi connectivity index (χ1n) is 11.6. The summed E-state index contributed by atoms with van der Waals surface area (Å²) in [5.74, 6) is -1.11. The van der Waals surface area contributed by atoms with Crippen molar-refractivity contribution in [2.24, 2.45) is 5.41 Å². The van der Waals surface area contributed by atoms with Crippen LogP contribution in [0, 0.1) is 16.7 Å². The van der Waals surface area contributed by atoms with E-state index < -0.39 is 29.4 Å². The Hall–Kier alpha value is -3.41. The van der Waals surface area contributed by atoms with Crippen molar-refractivity contribution in [3.05, 3.63) is 98.4 Å². The lowest BCUT2D eigenvalue weighted by Gasteiger charge is -2.36. The van der Waals surface area contributed by atoms with Gasteiger partial charge in [-0.1, -0.05) is 58.4 Å². The Labute approximate surface area is 231 Å². The fraction of sp³-hybridized carbons (Fsp3) is 0.207. The number of Topliss-reactive ketones (excluding diaryl/α,β-unsaturated/α-hetero) is 1. The minimum Gasteiger partial charge on any atom is -0.496 e. The highest BCUT2D eigenvalue weighted by atomic mass is 79.9. The van der Waals surface area contributed by atoms with Crippen LogP contribution in [-0.4, -0.2) is 38.1 Å². The number of nitriles is 1. The molecule has 2 aliphatic rings. The molecule has 186 valence electrons. The third-order valence-electron chi connectivity index (χ3n) is 7.19. The van der Waals surface area contributed by atoms with Crippen molar-refractivity contribution in [1.82, 2.24) is 0 Å². The van der Waals surface area contributed by atoms with Crippen molar-refractivity contribution in [2.75, 3.05) is 19.1 Å². The topological polar surface area (TPSA) is 79.6 Å². The van der Waals surface area contributed by atoms with E-state index in [1.54, 1.807) is 25.3 Å². The van der Waals surface area contributed by atoms with Crippen LogP contribution in [0.5, 0.6) is 5.75 Å². The van der Waals surface area contributed by atoms with Gasteiger partial charge in [0.25, 0.3) is 0 Å². The van der Waals surface area contributed by atoms with Crippen LogP contribution in [0.2, 0.25) is 0 Å². The predicted molar refractivity (Wildman–Crippen MR) is 148 cm³/mol. The smallest absolute Gasteiger partial charge is 0.329 e. The number of ketones is 1. The van der Waals surface area contributed by atoms with Gasteiger partial charge >= 0.3 is 5.97 Å². The molecule has 0 bridgehead atoms. The van der Waals surface area contributed by atoms with E-state index in [2.05, 4.69) is 37.9 Å². The Morgan fingerprint density at radius 2 is 1.76 bits per heavy atom. The minimum atomic E-state index is -1.67. The Kier molecular flexibility index (Phi) is 6.69. The van der Waals surface area contributed by atoms with Gasteiger partial charge in [0.2, 0.25) is 0 Å². The molecule has 37 heavy (non-hydrogen) atoms. The number of anilines is 1. The number of halogens is 2. The first-order chi connectivity index (χ1) is 17.9. The molecule has 3 aromatic rings. The number of fused-ring (bicyclic) bond motifs is 3. The molecule has 0 aliphatic carbocycles. The molecule has 0 unspecified atom stereocenters. The van der Waals surface area contributed by atoms with Crippen molar-refractivity contribution in [3.8, 4) is 11.8 Å². The van der Waals surface area contributed by atoms with Crippen LogP contribution in [0.25, 0.3) is 6.08 Å². The lowest BCUT2D eigenvalue weighted by Crippen LogP contribution is -2.46. The van der Waals surface area contributed by atoms with Crippen molar-refractivity contribution in [2.45, 2.75) is 18.0 Å². The van der Waals surface area contributed by atoms with Crippen molar-refractivity contribution >= 4 is 55.4 Å². The van der Waals surface area contributed by atoms with Crippen molar-refractivity contribution in [3.63, 3.8) is 0 Å². The van der Waals surface area contributed by atoms with Gasteiger partial charge in [-0.25, -0.2) is 0 Å². The molecule has 3 aromatic carbocycles. The zero-order chi connectivity index (χ0) is 26.3. The Morgan fingerprint density at radius 3 is 2.41 bits per heavy atom. The number of hydrogen-bond acceptors (Lipinski definition) is 6. The standard InChI is InChI=1S/C29H22Br2N2O4/c1-36-23-13-9-19(15-21(23)31)27(34)26-25(18-7-11-20(30)12-8-18)29(16-32,28(35)37-2)24-14-10-17-5-3-4-6-22(17)33(24)26/h3-15,24-26H,1-2H3/t24-,25-,26-,29+/m1/s1. The van der Waals surface area contributed by atoms with Crippen LogP contribution in [0.4, 0.5) is 5.69 Å². The van der Waals surface area contributed by atoms with Gasteiger partial charge in [0.05, 0.1) is 30.8 Å². The Morgan fingerprint density at radius 1 is 1.03 bits per heavy atom. The van der Waals surface area contributed by atoms with Gasteiger partial charge in [-0.15, -0.1) is 0 Å². The zero-order valence-corrected chi connectivity index (χ0v) is 23.2. The van der Waals surface area contributed by atoms with Crippen LogP contribution in [0.1, 0.15) is 27.4 Å². The molecule has 1 fully saturated rings. The number of rotatable bonds is 5. The number of ether oxygens (including phenoxy) is 2. The van der Waals surface area contributed by atoms with Gasteiger partial charge in [0.15, 0.2) is 11.2 Å². The summed E-state index contributed by atoms with van der Waals surface area (Å²) in [6, 6.07) is 21.0. The Balaban J connectivity index is 1.80. The maximum Gasteiger partial charge on any atom is 0.329 e. The average Bonchev–Trinajstić information content (AvgIpc) is 3.24. The normalized spacial score (nSPS) is 23.5. The molecule has 8 heteroatoms. The molecule has 0 saturated carbocycles. The number of nitrogens with zero attached hydrogens (tertiary/aromatic N) is 2. The van der Waals surface area contributed by atoms with Crippen LogP contribution in [0.15, 0.2) is 81.8 Å². The summed E-state index contributed by atoms with van der Waals surface area (Å²) < 4.78 is 12.1. The molecule has 0 N–H and O–H groups in total. The largest absolute Gasteiger partial charge is 0.496 e. The summed E-state index contributed by atoms with van der Waals surface area (Å²) in [5.41, 5.74) is 1.15. The highest BCUT2D eigenvalue weighted by Crippen LogP contribution is 2.56. The molecule has 4 atom stereocenters. The summed E-state index contributed by atoms with van der Waals surface area (Å²) in [5, 5.41) is 10.7. The van der Waals surface area contributed by atoms with Gasteiger partial charge in [-0.2, -0.15) is 5.26 Å². The first-order valence-corrected chi connectivity index (χ1v) is 13.1. The Bertz CT molecular complexity index is 1460. The summed E-state index contributed by atoms with van der Waals surface area (Å²) in [4.78, 5) is 29.9. The van der Waals surface area contributed by atoms with E-state index in [9.17, 15) is 14.9 Å². The summed E-state index contributed by atoms with van der Waals surface area (Å²) >= 11 is 6.95. The number of methoxy groups -OCH3 is 2. The first kappa shape index (κ1) is 25.2. The van der Waals surface area contributed by atoms with Crippen molar-refractivity contribution in [1.29, 1.82) is 5.26 Å². The SMILES string of the molecule is COC(=O)[C@]1(C#N)[C@H](c2ccc(Br)cc2)[C@H](C(=O)c2ccc(OC)c(Br)c2)N2c3ccccc3C=C[C@@H]21. The summed E-state index contributed by atoms with van der Waals surface area (Å²) in [7, 11) is 2.84. The van der Waals surface area contributed by atoms with E-state index >= 15 is 0 Å². The van der Waals surface area contributed by atoms with E-state index in [-0.39, 0.29) is 5.78 Å². The quantitative estimate of drug-likeness (QED) is 0.251. The molecule has 2 heterocycles. The average molecular weight is 622 g/mol. The second-order valence-electron chi connectivity index (χ2n) is 8.93. The second-order valence-corrected chi connectivity index (χ2v) is 10.7. The van der Waals surface area contributed by atoms with E-state index in [0.29, 0.717) is 21.3 Å². The molecule has 5 rings (SSSR count). The molecule has 1 saturated heterocycles.